The summed E-state index contributed by atoms with van der Waals surface area (Å²) in [5.41, 5.74) is 21.5. The molecule has 0 saturated heterocycles. The van der Waals surface area contributed by atoms with Gasteiger partial charge in [0.25, 0.3) is 0 Å². The highest BCUT2D eigenvalue weighted by atomic mass is 15.1. The average molecular weight is 726 g/mol. The van der Waals surface area contributed by atoms with E-state index in [1.54, 1.807) is 0 Å². The van der Waals surface area contributed by atoms with Crippen molar-refractivity contribution in [2.45, 2.75) is 24.7 Å². The quantitative estimate of drug-likeness (QED) is 0.175. The van der Waals surface area contributed by atoms with Gasteiger partial charge in [0.15, 0.2) is 0 Å². The predicted molar refractivity (Wildman–Crippen MR) is 238 cm³/mol. The van der Waals surface area contributed by atoms with E-state index in [-0.39, 0.29) is 5.41 Å². The van der Waals surface area contributed by atoms with Crippen molar-refractivity contribution >= 4 is 27.8 Å². The van der Waals surface area contributed by atoms with Gasteiger partial charge in [-0.1, -0.05) is 178 Å². The molecular formula is C56H39N. The van der Waals surface area contributed by atoms with Gasteiger partial charge in [-0.3, -0.25) is 0 Å². The summed E-state index contributed by atoms with van der Waals surface area (Å²) in [5.74, 6) is 0. The molecule has 3 aliphatic carbocycles. The van der Waals surface area contributed by atoms with Gasteiger partial charge in [-0.15, -0.1) is 0 Å². The second kappa shape index (κ2) is 11.8. The molecule has 1 heteroatoms. The monoisotopic (exact) mass is 725 g/mol. The van der Waals surface area contributed by atoms with Gasteiger partial charge in [0.1, 0.15) is 0 Å². The Hall–Kier alpha value is -6.96. The Bertz CT molecular complexity index is 3070. The smallest absolute Gasteiger partial charge is 0.0726 e. The van der Waals surface area contributed by atoms with Crippen LogP contribution in [0.3, 0.4) is 0 Å². The van der Waals surface area contributed by atoms with Crippen LogP contribution in [0.2, 0.25) is 0 Å². The zero-order chi connectivity index (χ0) is 37.9. The molecule has 1 nitrogen and oxygen atoms in total. The third-order valence-electron chi connectivity index (χ3n) is 13.3. The maximum Gasteiger partial charge on any atom is 0.0726 e. The van der Waals surface area contributed by atoms with Crippen molar-refractivity contribution in [1.29, 1.82) is 0 Å². The van der Waals surface area contributed by atoms with Crippen LogP contribution in [0.15, 0.2) is 200 Å². The molecule has 9 aromatic rings. The minimum Gasteiger partial charge on any atom is -0.310 e. The van der Waals surface area contributed by atoms with Crippen LogP contribution in [-0.2, 0) is 10.8 Å². The lowest BCUT2D eigenvalue weighted by molar-refractivity contribution is 0.660. The number of hydrogen-bond acceptors (Lipinski definition) is 1. The van der Waals surface area contributed by atoms with Crippen LogP contribution in [0.4, 0.5) is 17.1 Å². The molecule has 268 valence electrons. The van der Waals surface area contributed by atoms with Crippen LogP contribution in [0.1, 0.15) is 47.2 Å². The van der Waals surface area contributed by atoms with Crippen molar-refractivity contribution in [1.82, 2.24) is 0 Å². The molecule has 9 aromatic carbocycles. The van der Waals surface area contributed by atoms with Gasteiger partial charge >= 0.3 is 0 Å². The normalized spacial score (nSPS) is 14.4. The minimum absolute atomic E-state index is 0.0722. The van der Waals surface area contributed by atoms with E-state index < -0.39 is 5.41 Å². The lowest BCUT2D eigenvalue weighted by Gasteiger charge is -2.32. The topological polar surface area (TPSA) is 3.24 Å². The maximum atomic E-state index is 2.53. The van der Waals surface area contributed by atoms with Crippen LogP contribution in [0.5, 0.6) is 0 Å². The van der Waals surface area contributed by atoms with Gasteiger partial charge < -0.3 is 4.90 Å². The van der Waals surface area contributed by atoms with Crippen molar-refractivity contribution < 1.29 is 0 Å². The summed E-state index contributed by atoms with van der Waals surface area (Å²) in [5, 5.41) is 2.44. The number of hydrogen-bond donors (Lipinski definition) is 0. The van der Waals surface area contributed by atoms with E-state index in [1.165, 1.54) is 94.3 Å². The molecule has 57 heavy (non-hydrogen) atoms. The molecule has 0 amide bonds. The highest BCUT2D eigenvalue weighted by Gasteiger charge is 2.52. The fourth-order valence-corrected chi connectivity index (χ4v) is 10.8. The van der Waals surface area contributed by atoms with E-state index in [1.807, 2.05) is 0 Å². The number of anilines is 3. The summed E-state index contributed by atoms with van der Waals surface area (Å²) in [6.07, 6.45) is 0. The highest BCUT2D eigenvalue weighted by molar-refractivity contribution is 6.02. The third-order valence-corrected chi connectivity index (χ3v) is 13.3. The molecule has 0 N–H and O–H groups in total. The molecule has 0 aromatic heterocycles. The molecule has 0 radical (unpaired) electrons. The van der Waals surface area contributed by atoms with Gasteiger partial charge in [0.05, 0.1) is 11.1 Å². The largest absolute Gasteiger partial charge is 0.310 e. The summed E-state index contributed by atoms with van der Waals surface area (Å²) >= 11 is 0. The standard InChI is InChI=1S/C56H39N/c1-55(2)47-21-10-6-19-44(47)46-35-41(31-32-48(46)55)57(40-30-29-38-33-37(27-28-39(38)34-40)36-15-4-3-5-16-36)53-26-14-25-52-54(53)45-20-9-13-24-51(45)56(52)49-22-11-7-17-42(49)43-18-8-12-23-50(43)56/h3-35H,1-2H3. The fourth-order valence-electron chi connectivity index (χ4n) is 10.8. The Morgan fingerprint density at radius 2 is 0.842 bits per heavy atom. The van der Waals surface area contributed by atoms with Crippen LogP contribution in [-0.4, -0.2) is 0 Å². The first-order valence-corrected chi connectivity index (χ1v) is 20.1. The maximum absolute atomic E-state index is 2.53. The summed E-state index contributed by atoms with van der Waals surface area (Å²) in [4.78, 5) is 2.53. The second-order valence-electron chi connectivity index (χ2n) is 16.4. The van der Waals surface area contributed by atoms with E-state index in [0.29, 0.717) is 0 Å². The van der Waals surface area contributed by atoms with E-state index in [2.05, 4.69) is 219 Å². The molecule has 0 bridgehead atoms. The van der Waals surface area contributed by atoms with Gasteiger partial charge in [-0.2, -0.15) is 0 Å². The second-order valence-corrected chi connectivity index (χ2v) is 16.4. The molecule has 0 unspecified atom stereocenters. The fraction of sp³-hybridized carbons (Fsp3) is 0.0714. The van der Waals surface area contributed by atoms with Crippen molar-refractivity contribution in [3.8, 4) is 44.5 Å². The summed E-state index contributed by atoms with van der Waals surface area (Å²) < 4.78 is 0. The molecule has 0 aliphatic heterocycles. The zero-order valence-corrected chi connectivity index (χ0v) is 32.0. The Kier molecular flexibility index (Phi) is 6.67. The first-order valence-electron chi connectivity index (χ1n) is 20.1. The van der Waals surface area contributed by atoms with E-state index in [9.17, 15) is 0 Å². The predicted octanol–water partition coefficient (Wildman–Crippen LogP) is 14.6. The highest BCUT2D eigenvalue weighted by Crippen LogP contribution is 2.65. The molecule has 0 fully saturated rings. The van der Waals surface area contributed by atoms with E-state index in [0.717, 1.165) is 11.4 Å². The summed E-state index contributed by atoms with van der Waals surface area (Å²) in [6.45, 7) is 4.72. The van der Waals surface area contributed by atoms with Gasteiger partial charge in [0, 0.05) is 22.4 Å². The van der Waals surface area contributed by atoms with Crippen molar-refractivity contribution in [3.63, 3.8) is 0 Å². The molecular weight excluding hydrogens is 687 g/mol. The first-order chi connectivity index (χ1) is 28.0. The summed E-state index contributed by atoms with van der Waals surface area (Å²) in [7, 11) is 0. The van der Waals surface area contributed by atoms with E-state index in [4.69, 9.17) is 0 Å². The Balaban J connectivity index is 1.13. The number of benzene rings is 9. The third kappa shape index (κ3) is 4.34. The molecule has 0 atom stereocenters. The van der Waals surface area contributed by atoms with Crippen LogP contribution in [0.25, 0.3) is 55.3 Å². The van der Waals surface area contributed by atoms with Gasteiger partial charge in [0.2, 0.25) is 0 Å². The number of nitrogens with zero attached hydrogens (tertiary/aromatic N) is 1. The van der Waals surface area contributed by atoms with Crippen molar-refractivity contribution in [2.75, 3.05) is 4.90 Å². The molecule has 3 aliphatic rings. The zero-order valence-electron chi connectivity index (χ0n) is 32.0. The van der Waals surface area contributed by atoms with Crippen molar-refractivity contribution in [3.05, 3.63) is 234 Å². The lowest BCUT2D eigenvalue weighted by Crippen LogP contribution is -2.26. The number of rotatable bonds is 4. The van der Waals surface area contributed by atoms with Crippen molar-refractivity contribution in [2.24, 2.45) is 0 Å². The molecule has 0 saturated carbocycles. The average Bonchev–Trinajstić information content (AvgIpc) is 3.83. The number of fused-ring (bicyclic) bond motifs is 14. The molecule has 12 rings (SSSR count). The Morgan fingerprint density at radius 1 is 0.333 bits per heavy atom. The minimum atomic E-state index is -0.418. The lowest BCUT2D eigenvalue weighted by atomic mass is 9.70. The SMILES string of the molecule is CC1(C)c2ccccc2-c2cc(N(c3ccc4cc(-c5ccccc5)ccc4c3)c3cccc4c3-c3ccccc3C43c4ccccc4-c4ccccc43)ccc21. The van der Waals surface area contributed by atoms with E-state index >= 15 is 0 Å². The van der Waals surface area contributed by atoms with Gasteiger partial charge in [-0.25, -0.2) is 0 Å². The summed E-state index contributed by atoms with van der Waals surface area (Å²) in [6, 6.07) is 75.0. The van der Waals surface area contributed by atoms with Crippen LogP contribution < -0.4 is 4.90 Å². The van der Waals surface area contributed by atoms with Crippen LogP contribution in [0, 0.1) is 0 Å². The Morgan fingerprint density at radius 3 is 1.56 bits per heavy atom. The Labute approximate surface area is 334 Å². The van der Waals surface area contributed by atoms with Gasteiger partial charge in [-0.05, 0) is 119 Å². The first kappa shape index (κ1) is 32.3. The van der Waals surface area contributed by atoms with Crippen LogP contribution >= 0.6 is 0 Å². The molecule has 1 spiro atoms. The molecule has 0 heterocycles.